The molecule has 48 heavy (non-hydrogen) atoms. The predicted octanol–water partition coefficient (Wildman–Crippen LogP) is 6.70. The molecule has 262 valence electrons. The Labute approximate surface area is 291 Å². The third-order valence-corrected chi connectivity index (χ3v) is 14.5. The number of Topliss-reactive ketones (excluding diaryl/α,β-unsaturated/α-hetero) is 1. The molecule has 6 rings (SSSR count). The zero-order valence-corrected chi connectivity index (χ0v) is 30.5. The Balaban J connectivity index is 1.45. The second-order valence-corrected chi connectivity index (χ2v) is 18.0. The fourth-order valence-electron chi connectivity index (χ4n) is 8.98. The summed E-state index contributed by atoms with van der Waals surface area (Å²) in [4.78, 5) is 29.3. The van der Waals surface area contributed by atoms with Crippen molar-refractivity contribution in [3.05, 3.63) is 58.1 Å². The molecule has 8 nitrogen and oxygen atoms in total. The molecular weight excluding hydrogens is 648 g/mol. The van der Waals surface area contributed by atoms with Gasteiger partial charge in [0.05, 0.1) is 23.1 Å². The van der Waals surface area contributed by atoms with Crippen LogP contribution in [-0.4, -0.2) is 55.8 Å². The van der Waals surface area contributed by atoms with Crippen LogP contribution < -0.4 is 14.4 Å². The van der Waals surface area contributed by atoms with Crippen molar-refractivity contribution in [2.45, 2.75) is 102 Å². The zero-order chi connectivity index (χ0) is 34.6. The van der Waals surface area contributed by atoms with Crippen LogP contribution in [0.25, 0.3) is 0 Å². The highest BCUT2D eigenvalue weighted by molar-refractivity contribution is 7.90. The lowest BCUT2D eigenvalue weighted by Crippen LogP contribution is -2.57. The van der Waals surface area contributed by atoms with Gasteiger partial charge < -0.3 is 14.7 Å². The van der Waals surface area contributed by atoms with E-state index in [0.717, 1.165) is 37.8 Å². The number of nitrogens with zero attached hydrogens (tertiary/aromatic N) is 1. The molecule has 0 aromatic heterocycles. The number of anilines is 1. The van der Waals surface area contributed by atoms with Crippen molar-refractivity contribution in [1.29, 1.82) is 0 Å². The summed E-state index contributed by atoms with van der Waals surface area (Å²) in [6.45, 7) is 10.9. The van der Waals surface area contributed by atoms with Gasteiger partial charge in [-0.1, -0.05) is 51.8 Å². The smallest absolute Gasteiger partial charge is 0.264 e. The van der Waals surface area contributed by atoms with Gasteiger partial charge in [0.1, 0.15) is 11.5 Å². The van der Waals surface area contributed by atoms with Gasteiger partial charge in [0, 0.05) is 40.9 Å². The minimum Gasteiger partial charge on any atom is -0.490 e. The average Bonchev–Trinajstić information content (AvgIpc) is 3.17. The van der Waals surface area contributed by atoms with Gasteiger partial charge in [-0.15, -0.1) is 0 Å². The fraction of sp³-hybridized carbons (Fsp3) is 0.632. The van der Waals surface area contributed by atoms with E-state index < -0.39 is 32.7 Å². The summed E-state index contributed by atoms with van der Waals surface area (Å²) in [7, 11) is -3.99. The van der Waals surface area contributed by atoms with Crippen LogP contribution in [0.4, 0.5) is 5.69 Å². The molecule has 2 aliphatic carbocycles. The van der Waals surface area contributed by atoms with Gasteiger partial charge in [0.2, 0.25) is 10.0 Å². The Bertz CT molecular complexity index is 1680. The van der Waals surface area contributed by atoms with Gasteiger partial charge in [0.15, 0.2) is 0 Å². The zero-order valence-electron chi connectivity index (χ0n) is 28.9. The fourth-order valence-corrected chi connectivity index (χ4v) is 10.5. The number of halogens is 1. The van der Waals surface area contributed by atoms with Crippen LogP contribution in [-0.2, 0) is 26.7 Å². The maximum atomic E-state index is 13.5. The number of fused-ring (bicyclic) bond motifs is 4. The summed E-state index contributed by atoms with van der Waals surface area (Å²) in [5.74, 6) is -0.943. The number of hydrogen-bond donors (Lipinski definition) is 2. The van der Waals surface area contributed by atoms with Crippen LogP contribution in [0.5, 0.6) is 5.75 Å². The molecule has 2 aliphatic heterocycles. The maximum Gasteiger partial charge on any atom is 0.264 e. The summed E-state index contributed by atoms with van der Waals surface area (Å²) >= 11 is 6.44. The van der Waals surface area contributed by atoms with Crippen molar-refractivity contribution in [2.24, 2.45) is 29.6 Å². The molecule has 4 aliphatic rings. The molecule has 2 aromatic rings. The first-order valence-electron chi connectivity index (χ1n) is 17.8. The van der Waals surface area contributed by atoms with E-state index in [1.807, 2.05) is 33.8 Å². The summed E-state index contributed by atoms with van der Waals surface area (Å²) in [5.41, 5.74) is 1.91. The number of aryl methyl sites for hydroxylation is 1. The molecule has 1 fully saturated rings. The Morgan fingerprint density at radius 3 is 2.54 bits per heavy atom. The quantitative estimate of drug-likeness (QED) is 0.367. The Kier molecular flexibility index (Phi) is 9.72. The van der Waals surface area contributed by atoms with Gasteiger partial charge in [0.25, 0.3) is 5.91 Å². The molecule has 1 amide bonds. The lowest BCUT2D eigenvalue weighted by Gasteiger charge is -2.52. The third-order valence-electron chi connectivity index (χ3n) is 12.3. The van der Waals surface area contributed by atoms with Crippen LogP contribution in [0.2, 0.25) is 5.02 Å². The molecule has 1 saturated carbocycles. The number of aliphatic hydroxyl groups is 1. The molecular formula is C38H51ClN2O6S. The number of benzene rings is 2. The molecule has 7 atom stereocenters. The van der Waals surface area contributed by atoms with Crippen molar-refractivity contribution < 1.29 is 27.9 Å². The highest BCUT2D eigenvalue weighted by Crippen LogP contribution is 2.51. The monoisotopic (exact) mass is 698 g/mol. The molecule has 0 saturated heterocycles. The summed E-state index contributed by atoms with van der Waals surface area (Å²) in [5, 5.41) is 12.5. The predicted molar refractivity (Wildman–Crippen MR) is 189 cm³/mol. The van der Waals surface area contributed by atoms with Crippen LogP contribution >= 0.6 is 11.6 Å². The number of ether oxygens (including phenoxy) is 1. The van der Waals surface area contributed by atoms with E-state index in [-0.39, 0.29) is 40.4 Å². The van der Waals surface area contributed by atoms with Crippen LogP contribution in [0.1, 0.15) is 101 Å². The molecule has 0 unspecified atom stereocenters. The number of sulfonamides is 1. The first kappa shape index (κ1) is 35.2. The molecule has 2 bridgehead atoms. The minimum absolute atomic E-state index is 0.0545. The van der Waals surface area contributed by atoms with E-state index in [2.05, 4.69) is 21.8 Å². The highest BCUT2D eigenvalue weighted by atomic mass is 35.5. The lowest BCUT2D eigenvalue weighted by molar-refractivity contribution is -0.153. The molecule has 2 N–H and O–H groups in total. The Hall–Kier alpha value is -2.62. The highest BCUT2D eigenvalue weighted by Gasteiger charge is 2.52. The molecule has 10 heteroatoms. The second-order valence-electron chi connectivity index (χ2n) is 15.6. The number of amides is 1. The number of carbonyl (C=O) groups excluding carboxylic acids is 2. The summed E-state index contributed by atoms with van der Waals surface area (Å²) in [6.07, 6.45) is 6.14. The van der Waals surface area contributed by atoms with E-state index in [0.29, 0.717) is 49.7 Å². The van der Waals surface area contributed by atoms with Crippen molar-refractivity contribution in [2.75, 3.05) is 24.6 Å². The Morgan fingerprint density at radius 2 is 1.83 bits per heavy atom. The molecule has 2 heterocycles. The van der Waals surface area contributed by atoms with E-state index >= 15 is 0 Å². The number of rotatable bonds is 3. The molecule has 0 radical (unpaired) electrons. The standard InChI is InChI=1S/C38H51ClN2O6S/c1-23(2)35(42)25(4)38(44)17-6-8-24(3)26(5)48(45,46)40-36(43)28-11-15-34-33(19-28)41(20-29-10-13-32(29)38)21-37(22-47-34)16-7-9-27-18-30(39)12-14-31(27)37/h11-12,14-15,18-19,23-26,29,32,44H,6-10,13,16-17,20-22H2,1-5H3,(H,40,43)/t24-,25-,26+,29-,32+,37-,38-/m0/s1. The number of carbonyl (C=O) groups is 2. The molecule has 1 spiro atoms. The van der Waals surface area contributed by atoms with Crippen molar-refractivity contribution in [1.82, 2.24) is 4.72 Å². The second kappa shape index (κ2) is 13.3. The van der Waals surface area contributed by atoms with Gasteiger partial charge in [-0.05, 0) is 111 Å². The maximum absolute atomic E-state index is 13.5. The first-order chi connectivity index (χ1) is 22.6. The van der Waals surface area contributed by atoms with E-state index in [9.17, 15) is 23.1 Å². The van der Waals surface area contributed by atoms with Crippen molar-refractivity contribution in [3.8, 4) is 5.75 Å². The van der Waals surface area contributed by atoms with Gasteiger partial charge >= 0.3 is 0 Å². The number of nitrogens with one attached hydrogen (secondary N) is 1. The van der Waals surface area contributed by atoms with Crippen molar-refractivity contribution in [3.63, 3.8) is 0 Å². The lowest BCUT2D eigenvalue weighted by atomic mass is 9.58. The van der Waals surface area contributed by atoms with Crippen LogP contribution in [0.15, 0.2) is 36.4 Å². The summed E-state index contributed by atoms with van der Waals surface area (Å²) in [6, 6.07) is 11.3. The van der Waals surface area contributed by atoms with Gasteiger partial charge in [-0.3, -0.25) is 9.59 Å². The van der Waals surface area contributed by atoms with Gasteiger partial charge in [-0.2, -0.15) is 0 Å². The first-order valence-corrected chi connectivity index (χ1v) is 19.7. The SMILES string of the molecule is CC(C)C(=O)[C@H](C)[C@@]1(O)CCC[C@H](C)[C@@H](C)S(=O)(=O)NC(=O)c2ccc3c(c2)N(C[C@@H]2CC[C@H]21)C[C@@]1(CCCc2cc(Cl)ccc21)CO3. The van der Waals surface area contributed by atoms with Crippen LogP contribution in [0.3, 0.4) is 0 Å². The van der Waals surface area contributed by atoms with Crippen molar-refractivity contribution >= 4 is 39.0 Å². The minimum atomic E-state index is -3.99. The number of ketones is 1. The van der Waals surface area contributed by atoms with E-state index in [1.165, 1.54) is 11.1 Å². The largest absolute Gasteiger partial charge is 0.490 e. The third kappa shape index (κ3) is 6.39. The van der Waals surface area contributed by atoms with Crippen LogP contribution in [0, 0.1) is 29.6 Å². The topological polar surface area (TPSA) is 113 Å². The van der Waals surface area contributed by atoms with E-state index in [4.69, 9.17) is 16.3 Å². The Morgan fingerprint density at radius 1 is 1.06 bits per heavy atom. The van der Waals surface area contributed by atoms with E-state index in [1.54, 1.807) is 25.1 Å². The van der Waals surface area contributed by atoms with Gasteiger partial charge in [-0.25, -0.2) is 13.1 Å². The summed E-state index contributed by atoms with van der Waals surface area (Å²) < 4.78 is 35.8. The normalized spacial score (nSPS) is 32.6. The number of hydrogen-bond acceptors (Lipinski definition) is 7. The molecule has 2 aromatic carbocycles. The average molecular weight is 699 g/mol.